The summed E-state index contributed by atoms with van der Waals surface area (Å²) in [5.74, 6) is -0.195. The third kappa shape index (κ3) is 6.15. The number of rotatable bonds is 10. The topological polar surface area (TPSA) is 24.9 Å². The van der Waals surface area contributed by atoms with E-state index in [0.29, 0.717) is 0 Å². The van der Waals surface area contributed by atoms with Gasteiger partial charge in [0.2, 0.25) is 0 Å². The van der Waals surface area contributed by atoms with Crippen molar-refractivity contribution in [3.8, 4) is 0 Å². The predicted octanol–water partition coefficient (Wildman–Crippen LogP) is 4.62. The number of unbranched alkanes of at least 4 members (excludes halogenated alkanes) is 5. The van der Waals surface area contributed by atoms with Gasteiger partial charge in [0.25, 0.3) is 0 Å². The van der Waals surface area contributed by atoms with Crippen molar-refractivity contribution in [3.63, 3.8) is 0 Å². The molecule has 0 fully saturated rings. The van der Waals surface area contributed by atoms with Crippen LogP contribution in [-0.4, -0.2) is 11.5 Å². The second kappa shape index (κ2) is 9.90. The smallest absolute Gasteiger partial charge is 0.146 e. The fraction of sp³-hybridized carbons (Fsp3) is 0.688. The molecular formula is C16H27FN2. The Morgan fingerprint density at radius 2 is 1.89 bits per heavy atom. The maximum absolute atomic E-state index is 13.7. The minimum atomic E-state index is -0.195. The van der Waals surface area contributed by atoms with Gasteiger partial charge in [-0.3, -0.25) is 4.98 Å². The average Bonchev–Trinajstić information content (AvgIpc) is 2.42. The summed E-state index contributed by atoms with van der Waals surface area (Å²) < 4.78 is 13.7. The van der Waals surface area contributed by atoms with Crippen LogP contribution in [0.4, 0.5) is 4.39 Å². The summed E-state index contributed by atoms with van der Waals surface area (Å²) in [5, 5.41) is 3.37. The second-order valence-electron chi connectivity index (χ2n) is 5.06. The zero-order valence-electron chi connectivity index (χ0n) is 12.3. The number of pyridine rings is 1. The molecule has 0 saturated heterocycles. The molecular weight excluding hydrogens is 239 g/mol. The van der Waals surface area contributed by atoms with Crippen molar-refractivity contribution in [1.29, 1.82) is 0 Å². The van der Waals surface area contributed by atoms with Crippen LogP contribution in [0.25, 0.3) is 0 Å². The minimum absolute atomic E-state index is 0.124. The molecule has 1 aromatic rings. The monoisotopic (exact) mass is 266 g/mol. The van der Waals surface area contributed by atoms with E-state index in [4.69, 9.17) is 0 Å². The molecule has 0 radical (unpaired) electrons. The van der Waals surface area contributed by atoms with Gasteiger partial charge in [0.05, 0.1) is 6.20 Å². The molecule has 0 spiro atoms. The Kier molecular flexibility index (Phi) is 8.39. The highest BCUT2D eigenvalue weighted by Crippen LogP contribution is 2.22. The van der Waals surface area contributed by atoms with Crippen molar-refractivity contribution in [2.45, 2.75) is 64.8 Å². The molecule has 108 valence electrons. The lowest BCUT2D eigenvalue weighted by atomic mass is 10.00. The molecule has 3 heteroatoms. The molecule has 1 N–H and O–H groups in total. The Labute approximate surface area is 116 Å². The zero-order valence-corrected chi connectivity index (χ0v) is 12.3. The van der Waals surface area contributed by atoms with Crippen molar-refractivity contribution in [2.24, 2.45) is 0 Å². The fourth-order valence-corrected chi connectivity index (χ4v) is 2.41. The van der Waals surface area contributed by atoms with E-state index in [-0.39, 0.29) is 11.9 Å². The lowest BCUT2D eigenvalue weighted by Gasteiger charge is -2.18. The first-order chi connectivity index (χ1) is 9.29. The average molecular weight is 266 g/mol. The van der Waals surface area contributed by atoms with E-state index >= 15 is 0 Å². The summed E-state index contributed by atoms with van der Waals surface area (Å²) in [6.45, 7) is 5.16. The molecule has 0 aromatic carbocycles. The van der Waals surface area contributed by atoms with Gasteiger partial charge in [0, 0.05) is 17.8 Å². The summed E-state index contributed by atoms with van der Waals surface area (Å²) in [4.78, 5) is 3.81. The summed E-state index contributed by atoms with van der Waals surface area (Å²) in [5.41, 5.74) is 0.755. The summed E-state index contributed by atoms with van der Waals surface area (Å²) in [7, 11) is 0. The van der Waals surface area contributed by atoms with Gasteiger partial charge >= 0.3 is 0 Å². The number of nitrogens with zero attached hydrogens (tertiary/aromatic N) is 1. The number of aromatic nitrogens is 1. The highest BCUT2D eigenvalue weighted by molar-refractivity contribution is 5.17. The first-order valence-corrected chi connectivity index (χ1v) is 7.62. The Balaban J connectivity index is 2.39. The maximum Gasteiger partial charge on any atom is 0.146 e. The summed E-state index contributed by atoms with van der Waals surface area (Å²) >= 11 is 0. The molecule has 1 heterocycles. The Morgan fingerprint density at radius 3 is 2.58 bits per heavy atom. The van der Waals surface area contributed by atoms with Crippen LogP contribution in [0.15, 0.2) is 18.5 Å². The van der Waals surface area contributed by atoms with E-state index in [1.807, 2.05) is 0 Å². The third-order valence-corrected chi connectivity index (χ3v) is 3.48. The van der Waals surface area contributed by atoms with Gasteiger partial charge in [-0.2, -0.15) is 0 Å². The van der Waals surface area contributed by atoms with Gasteiger partial charge in [-0.25, -0.2) is 4.39 Å². The quantitative estimate of drug-likeness (QED) is 0.625. The molecule has 0 aliphatic rings. The van der Waals surface area contributed by atoms with Crippen molar-refractivity contribution >= 4 is 0 Å². The van der Waals surface area contributed by atoms with Gasteiger partial charge < -0.3 is 5.32 Å². The molecule has 19 heavy (non-hydrogen) atoms. The van der Waals surface area contributed by atoms with Crippen LogP contribution < -0.4 is 5.32 Å². The van der Waals surface area contributed by atoms with Gasteiger partial charge in [-0.15, -0.1) is 0 Å². The summed E-state index contributed by atoms with van der Waals surface area (Å²) in [6, 6.07) is 1.92. The molecule has 0 bridgehead atoms. The van der Waals surface area contributed by atoms with Crippen molar-refractivity contribution in [1.82, 2.24) is 10.3 Å². The van der Waals surface area contributed by atoms with Crippen LogP contribution >= 0.6 is 0 Å². The van der Waals surface area contributed by atoms with Crippen molar-refractivity contribution < 1.29 is 4.39 Å². The molecule has 1 unspecified atom stereocenters. The van der Waals surface area contributed by atoms with Gasteiger partial charge in [-0.05, 0) is 19.0 Å². The number of halogens is 1. The molecule has 1 atom stereocenters. The Morgan fingerprint density at radius 1 is 1.16 bits per heavy atom. The van der Waals surface area contributed by atoms with E-state index in [1.165, 1.54) is 38.3 Å². The largest absolute Gasteiger partial charge is 0.310 e. The minimum Gasteiger partial charge on any atom is -0.310 e. The van der Waals surface area contributed by atoms with Crippen molar-refractivity contribution in [2.75, 3.05) is 6.54 Å². The van der Waals surface area contributed by atoms with E-state index in [0.717, 1.165) is 24.9 Å². The van der Waals surface area contributed by atoms with Crippen molar-refractivity contribution in [3.05, 3.63) is 29.8 Å². The normalized spacial score (nSPS) is 12.6. The predicted molar refractivity (Wildman–Crippen MR) is 78.6 cm³/mol. The van der Waals surface area contributed by atoms with Crippen LogP contribution in [-0.2, 0) is 0 Å². The van der Waals surface area contributed by atoms with E-state index in [2.05, 4.69) is 24.1 Å². The molecule has 0 aliphatic heterocycles. The van der Waals surface area contributed by atoms with Gasteiger partial charge in [-0.1, -0.05) is 52.4 Å². The first kappa shape index (κ1) is 16.1. The van der Waals surface area contributed by atoms with Crippen LogP contribution in [0.3, 0.4) is 0 Å². The number of nitrogens with one attached hydrogen (secondary N) is 1. The molecule has 1 aromatic heterocycles. The van der Waals surface area contributed by atoms with E-state index in [9.17, 15) is 4.39 Å². The molecule has 0 amide bonds. The first-order valence-electron chi connectivity index (χ1n) is 7.62. The highest BCUT2D eigenvalue weighted by atomic mass is 19.1. The highest BCUT2D eigenvalue weighted by Gasteiger charge is 2.13. The molecule has 0 saturated carbocycles. The maximum atomic E-state index is 13.7. The Bertz CT molecular complexity index is 341. The zero-order chi connectivity index (χ0) is 13.9. The van der Waals surface area contributed by atoms with Crippen LogP contribution in [0.2, 0.25) is 0 Å². The van der Waals surface area contributed by atoms with Crippen LogP contribution in [0.5, 0.6) is 0 Å². The standard InChI is InChI=1S/C16H27FN2/c1-3-5-6-7-8-9-10-16(19-4-2)14-11-12-18-13-15(14)17/h11-13,16,19H,3-10H2,1-2H3. The van der Waals surface area contributed by atoms with Gasteiger partial charge in [0.1, 0.15) is 5.82 Å². The molecule has 1 rings (SSSR count). The Hall–Kier alpha value is -0.960. The fourth-order valence-electron chi connectivity index (χ4n) is 2.41. The van der Waals surface area contributed by atoms with Crippen LogP contribution in [0, 0.1) is 5.82 Å². The third-order valence-electron chi connectivity index (χ3n) is 3.48. The molecule has 0 aliphatic carbocycles. The van der Waals surface area contributed by atoms with Crippen LogP contribution in [0.1, 0.15) is 70.4 Å². The summed E-state index contributed by atoms with van der Waals surface area (Å²) in [6.07, 6.45) is 11.6. The SMILES string of the molecule is CCCCCCCCC(NCC)c1ccncc1F. The van der Waals surface area contributed by atoms with E-state index in [1.54, 1.807) is 12.3 Å². The molecule has 2 nitrogen and oxygen atoms in total. The van der Waals surface area contributed by atoms with Gasteiger partial charge in [0.15, 0.2) is 0 Å². The lowest BCUT2D eigenvalue weighted by Crippen LogP contribution is -2.22. The number of hydrogen-bond donors (Lipinski definition) is 1. The lowest BCUT2D eigenvalue weighted by molar-refractivity contribution is 0.456. The number of hydrogen-bond acceptors (Lipinski definition) is 2. The second-order valence-corrected chi connectivity index (χ2v) is 5.06. The van der Waals surface area contributed by atoms with E-state index < -0.39 is 0 Å².